The van der Waals surface area contributed by atoms with Crippen molar-refractivity contribution in [2.45, 2.75) is 40.2 Å². The molecule has 1 rings (SSSR count). The number of anilines is 1. The maximum absolute atomic E-state index is 12.1. The van der Waals surface area contributed by atoms with E-state index in [0.29, 0.717) is 17.8 Å². The number of carbonyl (C=O) groups excluding carboxylic acids is 2. The summed E-state index contributed by atoms with van der Waals surface area (Å²) in [7, 11) is 0. The van der Waals surface area contributed by atoms with Gasteiger partial charge in [-0.15, -0.1) is 0 Å². The number of hydrogen-bond donors (Lipinski definition) is 1. The highest BCUT2D eigenvalue weighted by atomic mass is 16.2. The van der Waals surface area contributed by atoms with Crippen molar-refractivity contribution in [3.8, 4) is 0 Å². The molecule has 1 unspecified atom stereocenters. The number of rotatable bonds is 5. The van der Waals surface area contributed by atoms with Crippen LogP contribution < -0.4 is 5.32 Å². The molecule has 0 spiro atoms. The molecule has 104 valence electrons. The zero-order valence-corrected chi connectivity index (χ0v) is 12.1. The molecule has 4 nitrogen and oxygen atoms in total. The second-order valence-electron chi connectivity index (χ2n) is 4.61. The number of carbonyl (C=O) groups is 2. The Hall–Kier alpha value is -1.84. The summed E-state index contributed by atoms with van der Waals surface area (Å²) in [4.78, 5) is 25.1. The lowest BCUT2D eigenvalue weighted by atomic mass is 10.1. The molecule has 0 fully saturated rings. The van der Waals surface area contributed by atoms with Crippen molar-refractivity contribution in [3.63, 3.8) is 0 Å². The largest absolute Gasteiger partial charge is 0.322 e. The van der Waals surface area contributed by atoms with Gasteiger partial charge in [-0.25, -0.2) is 4.79 Å². The first-order chi connectivity index (χ1) is 8.99. The van der Waals surface area contributed by atoms with Crippen molar-refractivity contribution in [3.05, 3.63) is 29.8 Å². The van der Waals surface area contributed by atoms with E-state index in [4.69, 9.17) is 0 Å². The molecule has 4 heteroatoms. The minimum absolute atomic E-state index is 0.0210. The van der Waals surface area contributed by atoms with Gasteiger partial charge in [0.15, 0.2) is 5.78 Å². The fourth-order valence-electron chi connectivity index (χ4n) is 1.86. The number of hydrogen-bond acceptors (Lipinski definition) is 2. The molecule has 2 amide bonds. The summed E-state index contributed by atoms with van der Waals surface area (Å²) >= 11 is 0. The number of nitrogens with zero attached hydrogens (tertiary/aromatic N) is 1. The molecule has 0 saturated carbocycles. The molecule has 0 bridgehead atoms. The van der Waals surface area contributed by atoms with Gasteiger partial charge in [-0.1, -0.05) is 6.92 Å². The van der Waals surface area contributed by atoms with Crippen molar-refractivity contribution in [1.29, 1.82) is 0 Å². The van der Waals surface area contributed by atoms with Crippen LogP contribution in [0.4, 0.5) is 10.5 Å². The molecule has 0 saturated heterocycles. The van der Waals surface area contributed by atoms with E-state index in [2.05, 4.69) is 12.2 Å². The lowest BCUT2D eigenvalue weighted by Gasteiger charge is -2.27. The minimum atomic E-state index is -0.104. The highest BCUT2D eigenvalue weighted by molar-refractivity contribution is 5.95. The first kappa shape index (κ1) is 15.2. The Labute approximate surface area is 114 Å². The Morgan fingerprint density at radius 1 is 1.21 bits per heavy atom. The fourth-order valence-corrected chi connectivity index (χ4v) is 1.86. The monoisotopic (exact) mass is 262 g/mol. The lowest BCUT2D eigenvalue weighted by molar-refractivity contribution is 0.101. The summed E-state index contributed by atoms with van der Waals surface area (Å²) in [5.74, 6) is 0.0210. The van der Waals surface area contributed by atoms with Gasteiger partial charge in [0.2, 0.25) is 0 Å². The van der Waals surface area contributed by atoms with E-state index in [-0.39, 0.29) is 17.9 Å². The number of benzene rings is 1. The number of amides is 2. The molecule has 0 aliphatic rings. The van der Waals surface area contributed by atoms with Crippen molar-refractivity contribution in [2.75, 3.05) is 11.9 Å². The Morgan fingerprint density at radius 2 is 1.79 bits per heavy atom. The number of ketones is 1. The zero-order chi connectivity index (χ0) is 14.4. The SMILES string of the molecule is CCC(C)N(CC)C(=O)Nc1ccc(C(C)=O)cc1. The second-order valence-corrected chi connectivity index (χ2v) is 4.61. The number of urea groups is 1. The van der Waals surface area contributed by atoms with E-state index < -0.39 is 0 Å². The predicted molar refractivity (Wildman–Crippen MR) is 77.6 cm³/mol. The van der Waals surface area contributed by atoms with Gasteiger partial charge in [0.05, 0.1) is 0 Å². The van der Waals surface area contributed by atoms with Gasteiger partial charge < -0.3 is 10.2 Å². The topological polar surface area (TPSA) is 49.4 Å². The second kappa shape index (κ2) is 6.92. The predicted octanol–water partition coefficient (Wildman–Crippen LogP) is 3.54. The number of Topliss-reactive ketones (excluding diaryl/α,β-unsaturated/α-hetero) is 1. The van der Waals surface area contributed by atoms with E-state index >= 15 is 0 Å². The molecule has 1 atom stereocenters. The maximum Gasteiger partial charge on any atom is 0.322 e. The lowest BCUT2D eigenvalue weighted by Crippen LogP contribution is -2.40. The molecule has 0 radical (unpaired) electrons. The molecular weight excluding hydrogens is 240 g/mol. The summed E-state index contributed by atoms with van der Waals surface area (Å²) in [6, 6.07) is 7.04. The zero-order valence-electron chi connectivity index (χ0n) is 12.1. The molecule has 0 aliphatic carbocycles. The quantitative estimate of drug-likeness (QED) is 0.825. The highest BCUT2D eigenvalue weighted by Gasteiger charge is 2.16. The van der Waals surface area contributed by atoms with Crippen molar-refractivity contribution in [2.24, 2.45) is 0 Å². The van der Waals surface area contributed by atoms with Gasteiger partial charge >= 0.3 is 6.03 Å². The van der Waals surface area contributed by atoms with Crippen molar-refractivity contribution in [1.82, 2.24) is 4.90 Å². The van der Waals surface area contributed by atoms with Crippen LogP contribution >= 0.6 is 0 Å². The van der Waals surface area contributed by atoms with Gasteiger partial charge in [0, 0.05) is 23.8 Å². The van der Waals surface area contributed by atoms with E-state index in [1.54, 1.807) is 29.2 Å². The van der Waals surface area contributed by atoms with E-state index in [9.17, 15) is 9.59 Å². The normalized spacial score (nSPS) is 11.8. The smallest absolute Gasteiger partial charge is 0.322 e. The van der Waals surface area contributed by atoms with Crippen LogP contribution in [0.25, 0.3) is 0 Å². The van der Waals surface area contributed by atoms with Crippen LogP contribution in [-0.2, 0) is 0 Å². The minimum Gasteiger partial charge on any atom is -0.322 e. The van der Waals surface area contributed by atoms with Crippen molar-refractivity contribution >= 4 is 17.5 Å². The molecule has 1 N–H and O–H groups in total. The summed E-state index contributed by atoms with van der Waals surface area (Å²) in [5, 5.41) is 2.85. The Morgan fingerprint density at radius 3 is 2.21 bits per heavy atom. The first-order valence-electron chi connectivity index (χ1n) is 6.68. The summed E-state index contributed by atoms with van der Waals surface area (Å²) in [6.07, 6.45) is 0.921. The molecule has 0 heterocycles. The molecule has 19 heavy (non-hydrogen) atoms. The van der Waals surface area contributed by atoms with E-state index in [1.807, 2.05) is 13.8 Å². The Kier molecular flexibility index (Phi) is 5.55. The summed E-state index contributed by atoms with van der Waals surface area (Å²) < 4.78 is 0. The fraction of sp³-hybridized carbons (Fsp3) is 0.467. The van der Waals surface area contributed by atoms with Crippen LogP contribution in [-0.4, -0.2) is 29.3 Å². The van der Waals surface area contributed by atoms with Crippen LogP contribution in [0.5, 0.6) is 0 Å². The van der Waals surface area contributed by atoms with E-state index in [1.165, 1.54) is 6.92 Å². The summed E-state index contributed by atoms with van der Waals surface area (Å²) in [5.41, 5.74) is 1.35. The average molecular weight is 262 g/mol. The molecule has 1 aromatic rings. The molecule has 0 aliphatic heterocycles. The molecular formula is C15H22N2O2. The molecule has 1 aromatic carbocycles. The summed E-state index contributed by atoms with van der Waals surface area (Å²) in [6.45, 7) is 8.25. The van der Waals surface area contributed by atoms with Crippen LogP contribution in [0.1, 0.15) is 44.5 Å². The average Bonchev–Trinajstić information content (AvgIpc) is 2.39. The van der Waals surface area contributed by atoms with Gasteiger partial charge in [0.1, 0.15) is 0 Å². The first-order valence-corrected chi connectivity index (χ1v) is 6.68. The third kappa shape index (κ3) is 4.09. The van der Waals surface area contributed by atoms with Crippen LogP contribution in [0, 0.1) is 0 Å². The van der Waals surface area contributed by atoms with Gasteiger partial charge in [0.25, 0.3) is 0 Å². The van der Waals surface area contributed by atoms with Gasteiger partial charge in [-0.2, -0.15) is 0 Å². The van der Waals surface area contributed by atoms with Gasteiger partial charge in [-0.05, 0) is 51.5 Å². The maximum atomic E-state index is 12.1. The van der Waals surface area contributed by atoms with Crippen LogP contribution in [0.2, 0.25) is 0 Å². The number of nitrogens with one attached hydrogen (secondary N) is 1. The van der Waals surface area contributed by atoms with Gasteiger partial charge in [-0.3, -0.25) is 4.79 Å². The third-order valence-corrected chi connectivity index (χ3v) is 3.27. The van der Waals surface area contributed by atoms with Crippen LogP contribution in [0.15, 0.2) is 24.3 Å². The third-order valence-electron chi connectivity index (χ3n) is 3.27. The van der Waals surface area contributed by atoms with Crippen molar-refractivity contribution < 1.29 is 9.59 Å². The Balaban J connectivity index is 2.73. The van der Waals surface area contributed by atoms with E-state index in [0.717, 1.165) is 6.42 Å². The van der Waals surface area contributed by atoms with Crippen LogP contribution in [0.3, 0.4) is 0 Å². The highest BCUT2D eigenvalue weighted by Crippen LogP contribution is 2.12. The molecule has 0 aromatic heterocycles. The standard InChI is InChI=1S/C15H22N2O2/c1-5-11(3)17(6-2)15(19)16-14-9-7-13(8-10-14)12(4)18/h7-11H,5-6H2,1-4H3,(H,16,19). The Bertz CT molecular complexity index is 440.